The number of hydrogen-bond acceptors (Lipinski definition) is 1. The molecule has 0 heterocycles. The SMILES string of the molecule is C=C/C=C(C1=CC=C(NC=O)C(C)=CC1)\C(=C(/C)CC)C(C)(F)CC. The number of nitrogens with one attached hydrogen (secondary N) is 1. The van der Waals surface area contributed by atoms with Crippen molar-refractivity contribution in [2.45, 2.75) is 59.5 Å². The number of carbonyl (C=O) groups excluding carboxylic acids is 1. The van der Waals surface area contributed by atoms with Gasteiger partial charge in [-0.3, -0.25) is 4.79 Å². The Kier molecular flexibility index (Phi) is 7.82. The van der Waals surface area contributed by atoms with Gasteiger partial charge in [0.15, 0.2) is 0 Å². The van der Waals surface area contributed by atoms with E-state index < -0.39 is 5.67 Å². The zero-order chi connectivity index (χ0) is 19.0. The van der Waals surface area contributed by atoms with Gasteiger partial charge in [0, 0.05) is 5.70 Å². The van der Waals surface area contributed by atoms with E-state index in [9.17, 15) is 4.79 Å². The normalized spacial score (nSPS) is 18.8. The molecular weight excluding hydrogens is 313 g/mol. The maximum Gasteiger partial charge on any atom is 0.211 e. The Morgan fingerprint density at radius 3 is 2.60 bits per heavy atom. The molecule has 1 atom stereocenters. The van der Waals surface area contributed by atoms with E-state index in [1.807, 2.05) is 45.9 Å². The van der Waals surface area contributed by atoms with Gasteiger partial charge in [0.2, 0.25) is 6.41 Å². The van der Waals surface area contributed by atoms with Crippen LogP contribution in [-0.4, -0.2) is 12.1 Å². The molecule has 1 amide bonds. The molecule has 2 nitrogen and oxygen atoms in total. The van der Waals surface area contributed by atoms with Gasteiger partial charge in [-0.15, -0.1) is 0 Å². The molecule has 0 aromatic rings. The van der Waals surface area contributed by atoms with Crippen LogP contribution in [0, 0.1) is 0 Å². The fourth-order valence-electron chi connectivity index (χ4n) is 2.96. The Bertz CT molecular complexity index is 672. The standard InChI is InChI=1S/C22H30FNO/c1-7-10-19(21(16(4)8-2)22(6,23)9-3)18-12-11-17(5)20(14-13-18)24-15-25/h7,10-11,13-15H,1,8-9,12H2,2-6H3,(H,24,25)/b19-10-,21-16-. The van der Waals surface area contributed by atoms with E-state index in [0.717, 1.165) is 40.0 Å². The average Bonchev–Trinajstić information content (AvgIpc) is 2.77. The summed E-state index contributed by atoms with van der Waals surface area (Å²) >= 11 is 0. The third kappa shape index (κ3) is 5.15. The molecule has 1 N–H and O–H groups in total. The van der Waals surface area contributed by atoms with Crippen molar-refractivity contribution in [3.63, 3.8) is 0 Å². The molecule has 0 saturated heterocycles. The minimum Gasteiger partial charge on any atom is -0.328 e. The zero-order valence-corrected chi connectivity index (χ0v) is 16.1. The molecule has 0 bridgehead atoms. The van der Waals surface area contributed by atoms with Crippen LogP contribution in [-0.2, 0) is 4.79 Å². The summed E-state index contributed by atoms with van der Waals surface area (Å²) in [6.07, 6.45) is 12.0. The van der Waals surface area contributed by atoms with Crippen molar-refractivity contribution < 1.29 is 9.18 Å². The van der Waals surface area contributed by atoms with Gasteiger partial charge in [-0.05, 0) is 68.4 Å². The topological polar surface area (TPSA) is 29.1 Å². The van der Waals surface area contributed by atoms with Crippen molar-refractivity contribution in [1.82, 2.24) is 5.32 Å². The summed E-state index contributed by atoms with van der Waals surface area (Å²) in [5, 5.41) is 2.71. The summed E-state index contributed by atoms with van der Waals surface area (Å²) in [5.74, 6) is 0. The van der Waals surface area contributed by atoms with Crippen molar-refractivity contribution in [2.75, 3.05) is 0 Å². The van der Waals surface area contributed by atoms with Crippen LogP contribution >= 0.6 is 0 Å². The molecule has 1 rings (SSSR count). The Hall–Kier alpha value is -2.16. The number of alkyl halides is 1. The van der Waals surface area contributed by atoms with Crippen molar-refractivity contribution >= 4 is 6.41 Å². The number of hydrogen-bond donors (Lipinski definition) is 1. The third-order valence-electron chi connectivity index (χ3n) is 4.76. The van der Waals surface area contributed by atoms with E-state index in [0.29, 0.717) is 19.3 Å². The molecule has 0 aromatic heterocycles. The fourth-order valence-corrected chi connectivity index (χ4v) is 2.96. The summed E-state index contributed by atoms with van der Waals surface area (Å²) in [4.78, 5) is 10.8. The van der Waals surface area contributed by atoms with Crippen molar-refractivity contribution in [1.29, 1.82) is 0 Å². The van der Waals surface area contributed by atoms with Gasteiger partial charge in [-0.1, -0.05) is 50.3 Å². The first-order chi connectivity index (χ1) is 11.8. The number of allylic oxidation sites excluding steroid dienone is 10. The second-order valence-corrected chi connectivity index (χ2v) is 6.50. The van der Waals surface area contributed by atoms with Crippen molar-refractivity contribution in [3.05, 3.63) is 70.5 Å². The van der Waals surface area contributed by atoms with Crippen LogP contribution in [0.25, 0.3) is 0 Å². The minimum atomic E-state index is -1.41. The van der Waals surface area contributed by atoms with Crippen LogP contribution in [0.15, 0.2) is 70.5 Å². The van der Waals surface area contributed by atoms with Gasteiger partial charge in [-0.25, -0.2) is 4.39 Å². The second-order valence-electron chi connectivity index (χ2n) is 6.50. The first-order valence-corrected chi connectivity index (χ1v) is 8.83. The molecule has 25 heavy (non-hydrogen) atoms. The number of amides is 1. The molecule has 1 aliphatic carbocycles. The van der Waals surface area contributed by atoms with Crippen LogP contribution in [0.1, 0.15) is 53.9 Å². The van der Waals surface area contributed by atoms with E-state index in [2.05, 4.69) is 18.0 Å². The molecule has 0 fully saturated rings. The predicted octanol–water partition coefficient (Wildman–Crippen LogP) is 5.87. The molecule has 0 aromatic carbocycles. The molecule has 0 radical (unpaired) electrons. The highest BCUT2D eigenvalue weighted by molar-refractivity contribution is 5.59. The Balaban J connectivity index is 3.53. The van der Waals surface area contributed by atoms with Crippen molar-refractivity contribution in [2.24, 2.45) is 0 Å². The summed E-state index contributed by atoms with van der Waals surface area (Å²) < 4.78 is 15.4. The largest absolute Gasteiger partial charge is 0.328 e. The summed E-state index contributed by atoms with van der Waals surface area (Å²) in [6.45, 7) is 13.3. The number of carbonyl (C=O) groups is 1. The highest BCUT2D eigenvalue weighted by Gasteiger charge is 2.31. The predicted molar refractivity (Wildman–Crippen MR) is 105 cm³/mol. The van der Waals surface area contributed by atoms with Gasteiger partial charge >= 0.3 is 0 Å². The first-order valence-electron chi connectivity index (χ1n) is 8.83. The number of halogens is 1. The second kappa shape index (κ2) is 9.36. The van der Waals surface area contributed by atoms with Crippen LogP contribution < -0.4 is 5.32 Å². The Morgan fingerprint density at radius 1 is 1.40 bits per heavy atom. The summed E-state index contributed by atoms with van der Waals surface area (Å²) in [6, 6.07) is 0. The fraction of sp³-hybridized carbons (Fsp3) is 0.409. The van der Waals surface area contributed by atoms with Crippen LogP contribution in [0.2, 0.25) is 0 Å². The lowest BCUT2D eigenvalue weighted by Crippen LogP contribution is -2.23. The van der Waals surface area contributed by atoms with Crippen LogP contribution in [0.4, 0.5) is 4.39 Å². The lowest BCUT2D eigenvalue weighted by molar-refractivity contribution is -0.108. The molecule has 136 valence electrons. The van der Waals surface area contributed by atoms with Crippen molar-refractivity contribution in [3.8, 4) is 0 Å². The van der Waals surface area contributed by atoms with E-state index >= 15 is 4.39 Å². The minimum absolute atomic E-state index is 0.407. The monoisotopic (exact) mass is 343 g/mol. The first kappa shape index (κ1) is 20.9. The van der Waals surface area contributed by atoms with Gasteiger partial charge in [-0.2, -0.15) is 0 Å². The molecule has 1 aliphatic rings. The maximum absolute atomic E-state index is 15.4. The lowest BCUT2D eigenvalue weighted by atomic mass is 9.80. The van der Waals surface area contributed by atoms with Gasteiger partial charge < -0.3 is 5.32 Å². The zero-order valence-electron chi connectivity index (χ0n) is 16.1. The van der Waals surface area contributed by atoms with Crippen LogP contribution in [0.3, 0.4) is 0 Å². The summed E-state index contributed by atoms with van der Waals surface area (Å²) in [7, 11) is 0. The molecule has 1 unspecified atom stereocenters. The van der Waals surface area contributed by atoms with Gasteiger partial charge in [0.1, 0.15) is 5.67 Å². The number of rotatable bonds is 8. The smallest absolute Gasteiger partial charge is 0.211 e. The molecule has 0 aliphatic heterocycles. The van der Waals surface area contributed by atoms with Gasteiger partial charge in [0.05, 0.1) is 0 Å². The highest BCUT2D eigenvalue weighted by Crippen LogP contribution is 2.39. The quantitative estimate of drug-likeness (QED) is 0.433. The van der Waals surface area contributed by atoms with E-state index in [4.69, 9.17) is 0 Å². The third-order valence-corrected chi connectivity index (χ3v) is 4.76. The van der Waals surface area contributed by atoms with E-state index in [1.165, 1.54) is 0 Å². The molecule has 0 spiro atoms. The van der Waals surface area contributed by atoms with Gasteiger partial charge in [0.25, 0.3) is 0 Å². The van der Waals surface area contributed by atoms with Crippen LogP contribution in [0.5, 0.6) is 0 Å². The molecule has 0 saturated carbocycles. The Labute approximate surface area is 151 Å². The molecule has 3 heteroatoms. The average molecular weight is 343 g/mol. The Morgan fingerprint density at radius 2 is 2.08 bits per heavy atom. The molecular formula is C22H30FNO. The highest BCUT2D eigenvalue weighted by atomic mass is 19.1. The summed E-state index contributed by atoms with van der Waals surface area (Å²) in [5.41, 5.74) is 4.03. The van der Waals surface area contributed by atoms with E-state index in [1.54, 1.807) is 13.0 Å². The lowest BCUT2D eigenvalue weighted by Gasteiger charge is -2.28. The maximum atomic E-state index is 15.4. The van der Waals surface area contributed by atoms with E-state index in [-0.39, 0.29) is 0 Å².